The SMILES string of the molecule is NC(=O)c1ccccc1CC[CH]c1nc(Cc2c[nH]c3ccccc23)n[nH]1. The third kappa shape index (κ3) is 3.74. The maximum absolute atomic E-state index is 11.5. The highest BCUT2D eigenvalue weighted by Crippen LogP contribution is 2.20. The van der Waals surface area contributed by atoms with E-state index in [-0.39, 0.29) is 0 Å². The topological polar surface area (TPSA) is 100 Å². The van der Waals surface area contributed by atoms with Gasteiger partial charge in [-0.1, -0.05) is 36.4 Å². The molecule has 0 fully saturated rings. The first-order valence-electron chi connectivity index (χ1n) is 8.88. The summed E-state index contributed by atoms with van der Waals surface area (Å²) in [7, 11) is 0. The molecule has 0 saturated carbocycles. The number of aromatic amines is 2. The van der Waals surface area contributed by atoms with Crippen LogP contribution in [-0.2, 0) is 12.8 Å². The molecule has 0 bridgehead atoms. The molecule has 2 heterocycles. The lowest BCUT2D eigenvalue weighted by atomic mass is 10.0. The Bertz CT molecular complexity index is 1080. The van der Waals surface area contributed by atoms with E-state index in [9.17, 15) is 4.79 Å². The van der Waals surface area contributed by atoms with E-state index in [0.717, 1.165) is 35.6 Å². The van der Waals surface area contributed by atoms with Crippen LogP contribution in [0, 0.1) is 6.42 Å². The number of H-pyrrole nitrogens is 2. The van der Waals surface area contributed by atoms with Gasteiger partial charge in [0.1, 0.15) is 5.82 Å². The molecule has 4 aromatic rings. The van der Waals surface area contributed by atoms with Crippen LogP contribution < -0.4 is 5.73 Å². The van der Waals surface area contributed by atoms with Crippen LogP contribution in [0.4, 0.5) is 0 Å². The van der Waals surface area contributed by atoms with Gasteiger partial charge in [0, 0.05) is 35.5 Å². The fourth-order valence-electron chi connectivity index (χ4n) is 3.27. The normalized spacial score (nSPS) is 11.1. The molecule has 27 heavy (non-hydrogen) atoms. The van der Waals surface area contributed by atoms with E-state index in [1.54, 1.807) is 6.07 Å². The summed E-state index contributed by atoms with van der Waals surface area (Å²) in [5, 5.41) is 8.48. The van der Waals surface area contributed by atoms with Gasteiger partial charge in [-0.05, 0) is 36.1 Å². The molecule has 1 radical (unpaired) electrons. The van der Waals surface area contributed by atoms with E-state index < -0.39 is 5.91 Å². The molecule has 1 amide bonds. The number of benzene rings is 2. The summed E-state index contributed by atoms with van der Waals surface area (Å²) >= 11 is 0. The van der Waals surface area contributed by atoms with Crippen molar-refractivity contribution in [3.05, 3.63) is 89.5 Å². The predicted octanol–water partition coefficient (Wildman–Crippen LogP) is 3.16. The number of nitrogens with one attached hydrogen (secondary N) is 2. The van der Waals surface area contributed by atoms with Gasteiger partial charge in [0.15, 0.2) is 5.82 Å². The molecule has 0 atom stereocenters. The molecular weight excluding hydrogens is 338 g/mol. The lowest BCUT2D eigenvalue weighted by Gasteiger charge is -2.05. The smallest absolute Gasteiger partial charge is 0.248 e. The maximum atomic E-state index is 11.5. The second-order valence-electron chi connectivity index (χ2n) is 6.44. The molecule has 4 N–H and O–H groups in total. The van der Waals surface area contributed by atoms with Gasteiger partial charge in [-0.15, -0.1) is 0 Å². The number of nitrogens with zero attached hydrogens (tertiary/aromatic N) is 2. The van der Waals surface area contributed by atoms with Crippen molar-refractivity contribution in [3.63, 3.8) is 0 Å². The van der Waals surface area contributed by atoms with Gasteiger partial charge in [0.2, 0.25) is 5.91 Å². The average Bonchev–Trinajstić information content (AvgIpc) is 3.30. The fraction of sp³-hybridized carbons (Fsp3) is 0.143. The summed E-state index contributed by atoms with van der Waals surface area (Å²) in [6.07, 6.45) is 6.12. The van der Waals surface area contributed by atoms with E-state index in [2.05, 4.69) is 32.3 Å². The molecule has 2 aromatic carbocycles. The second-order valence-corrected chi connectivity index (χ2v) is 6.44. The first-order valence-corrected chi connectivity index (χ1v) is 8.88. The zero-order valence-corrected chi connectivity index (χ0v) is 14.8. The molecule has 0 aliphatic rings. The molecule has 135 valence electrons. The van der Waals surface area contributed by atoms with Gasteiger partial charge in [0.05, 0.1) is 0 Å². The number of rotatable bonds is 7. The zero-order valence-electron chi connectivity index (χ0n) is 14.8. The van der Waals surface area contributed by atoms with Crippen molar-refractivity contribution >= 4 is 16.8 Å². The van der Waals surface area contributed by atoms with Gasteiger partial charge in [0.25, 0.3) is 0 Å². The van der Waals surface area contributed by atoms with Gasteiger partial charge in [-0.25, -0.2) is 4.98 Å². The van der Waals surface area contributed by atoms with Crippen LogP contribution in [0.1, 0.15) is 39.6 Å². The molecule has 6 nitrogen and oxygen atoms in total. The zero-order chi connectivity index (χ0) is 18.6. The Morgan fingerprint density at radius 3 is 2.78 bits per heavy atom. The van der Waals surface area contributed by atoms with E-state index in [1.807, 2.05) is 42.9 Å². The number of hydrogen-bond donors (Lipinski definition) is 3. The van der Waals surface area contributed by atoms with Gasteiger partial charge >= 0.3 is 0 Å². The molecule has 0 saturated heterocycles. The Balaban J connectivity index is 1.38. The Morgan fingerprint density at radius 1 is 1.07 bits per heavy atom. The van der Waals surface area contributed by atoms with Crippen LogP contribution in [0.25, 0.3) is 10.9 Å². The lowest BCUT2D eigenvalue weighted by Crippen LogP contribution is -2.13. The fourth-order valence-corrected chi connectivity index (χ4v) is 3.27. The number of hydrogen-bond acceptors (Lipinski definition) is 3. The van der Waals surface area contributed by atoms with Crippen molar-refractivity contribution < 1.29 is 4.79 Å². The minimum atomic E-state index is -0.397. The highest BCUT2D eigenvalue weighted by molar-refractivity contribution is 5.94. The number of nitrogens with two attached hydrogens (primary N) is 1. The number of para-hydroxylation sites is 1. The Hall–Kier alpha value is -3.41. The molecule has 0 aliphatic carbocycles. The summed E-state index contributed by atoms with van der Waals surface area (Å²) < 4.78 is 0. The number of carbonyl (C=O) groups excluding carboxylic acids is 1. The summed E-state index contributed by atoms with van der Waals surface area (Å²) in [6.45, 7) is 0. The Morgan fingerprint density at radius 2 is 1.89 bits per heavy atom. The van der Waals surface area contributed by atoms with Crippen LogP contribution in [0.5, 0.6) is 0 Å². The van der Waals surface area contributed by atoms with E-state index >= 15 is 0 Å². The summed E-state index contributed by atoms with van der Waals surface area (Å²) in [6, 6.07) is 15.6. The third-order valence-corrected chi connectivity index (χ3v) is 4.61. The van der Waals surface area contributed by atoms with Crippen LogP contribution in [0.2, 0.25) is 0 Å². The summed E-state index contributed by atoms with van der Waals surface area (Å²) in [4.78, 5) is 19.3. The average molecular weight is 358 g/mol. The summed E-state index contributed by atoms with van der Waals surface area (Å²) in [5.41, 5.74) is 9.23. The Labute approximate surface area is 156 Å². The molecule has 6 heteroatoms. The quantitative estimate of drug-likeness (QED) is 0.473. The van der Waals surface area contributed by atoms with Crippen LogP contribution in [0.3, 0.4) is 0 Å². The molecule has 2 aromatic heterocycles. The van der Waals surface area contributed by atoms with Gasteiger partial charge < -0.3 is 10.7 Å². The third-order valence-electron chi connectivity index (χ3n) is 4.61. The molecule has 0 unspecified atom stereocenters. The molecule has 0 spiro atoms. The Kier molecular flexibility index (Phi) is 4.70. The number of aryl methyl sites for hydroxylation is 1. The van der Waals surface area contributed by atoms with Crippen molar-refractivity contribution in [2.45, 2.75) is 19.3 Å². The molecule has 4 rings (SSSR count). The monoisotopic (exact) mass is 358 g/mol. The summed E-state index contributed by atoms with van der Waals surface area (Å²) in [5.74, 6) is 1.09. The van der Waals surface area contributed by atoms with Crippen molar-refractivity contribution in [3.8, 4) is 0 Å². The van der Waals surface area contributed by atoms with Crippen molar-refractivity contribution in [1.29, 1.82) is 0 Å². The lowest BCUT2D eigenvalue weighted by molar-refractivity contribution is 0.0999. The van der Waals surface area contributed by atoms with Crippen molar-refractivity contribution in [2.24, 2.45) is 5.73 Å². The van der Waals surface area contributed by atoms with E-state index in [1.165, 1.54) is 10.9 Å². The number of carbonyl (C=O) groups is 1. The number of amides is 1. The van der Waals surface area contributed by atoms with Gasteiger partial charge in [-0.3, -0.25) is 9.89 Å². The minimum Gasteiger partial charge on any atom is -0.366 e. The van der Waals surface area contributed by atoms with E-state index in [0.29, 0.717) is 12.0 Å². The highest BCUT2D eigenvalue weighted by Gasteiger charge is 2.10. The molecular formula is C21H20N5O. The standard InChI is InChI=1S/C21H20N5O/c22-21(27)17-9-2-1-6-14(17)7-5-11-19-24-20(26-25-19)12-15-13-23-18-10-4-3-8-16(15)18/h1-4,6,8-11,13,23H,5,7,12H2,(H2,22,27)(H,24,25,26). The van der Waals surface area contributed by atoms with Crippen molar-refractivity contribution in [1.82, 2.24) is 20.2 Å². The second kappa shape index (κ2) is 7.45. The van der Waals surface area contributed by atoms with Crippen molar-refractivity contribution in [2.75, 3.05) is 0 Å². The van der Waals surface area contributed by atoms with E-state index in [4.69, 9.17) is 5.73 Å². The van der Waals surface area contributed by atoms with Crippen LogP contribution >= 0.6 is 0 Å². The number of aromatic nitrogens is 4. The van der Waals surface area contributed by atoms with Gasteiger partial charge in [-0.2, -0.15) is 5.10 Å². The maximum Gasteiger partial charge on any atom is 0.248 e. The highest BCUT2D eigenvalue weighted by atomic mass is 16.1. The first-order chi connectivity index (χ1) is 13.2. The van der Waals surface area contributed by atoms with Crippen LogP contribution in [0.15, 0.2) is 54.7 Å². The number of fused-ring (bicyclic) bond motifs is 1. The minimum absolute atomic E-state index is 0.397. The number of primary amides is 1. The predicted molar refractivity (Wildman–Crippen MR) is 104 cm³/mol. The molecule has 0 aliphatic heterocycles. The largest absolute Gasteiger partial charge is 0.366 e. The first kappa shape index (κ1) is 17.0. The van der Waals surface area contributed by atoms with Crippen LogP contribution in [-0.4, -0.2) is 26.1 Å².